The van der Waals surface area contributed by atoms with Gasteiger partial charge in [-0.3, -0.25) is 9.36 Å². The summed E-state index contributed by atoms with van der Waals surface area (Å²) in [5, 5.41) is 20.6. The van der Waals surface area contributed by atoms with Crippen LogP contribution in [0.25, 0.3) is 27.6 Å². The predicted octanol–water partition coefficient (Wildman–Crippen LogP) is 2.56. The van der Waals surface area contributed by atoms with Gasteiger partial charge >= 0.3 is 0 Å². The fourth-order valence-electron chi connectivity index (χ4n) is 3.29. The first-order chi connectivity index (χ1) is 12.5. The summed E-state index contributed by atoms with van der Waals surface area (Å²) < 4.78 is 3.20. The SMILES string of the molecule is Cn1c(C(O)CO)nc2c(=O)n(-c3ccccc3)c3cc(Cl)ccc3c21. The average Bonchev–Trinajstić information content (AvgIpc) is 3.00. The van der Waals surface area contributed by atoms with Crippen molar-refractivity contribution in [2.75, 3.05) is 6.61 Å². The molecule has 0 aliphatic carbocycles. The van der Waals surface area contributed by atoms with Gasteiger partial charge in [-0.05, 0) is 30.3 Å². The number of aliphatic hydroxyl groups excluding tert-OH is 2. The number of benzene rings is 2. The highest BCUT2D eigenvalue weighted by molar-refractivity contribution is 6.31. The second-order valence-corrected chi connectivity index (χ2v) is 6.50. The molecule has 1 atom stereocenters. The van der Waals surface area contributed by atoms with E-state index in [1.54, 1.807) is 28.3 Å². The molecular weight excluding hydrogens is 354 g/mol. The lowest BCUT2D eigenvalue weighted by Gasteiger charge is -2.12. The second kappa shape index (κ2) is 6.25. The molecule has 0 saturated carbocycles. The number of pyridine rings is 1. The molecule has 2 aromatic heterocycles. The van der Waals surface area contributed by atoms with Crippen LogP contribution in [0.4, 0.5) is 0 Å². The third-order valence-electron chi connectivity index (χ3n) is 4.48. The topological polar surface area (TPSA) is 80.3 Å². The Balaban J connectivity index is 2.22. The molecule has 0 amide bonds. The molecule has 4 aromatic rings. The van der Waals surface area contributed by atoms with E-state index in [0.717, 1.165) is 5.39 Å². The molecule has 0 radical (unpaired) electrons. The number of nitrogens with zero attached hydrogens (tertiary/aromatic N) is 3. The highest BCUT2D eigenvalue weighted by Crippen LogP contribution is 2.29. The number of aromatic nitrogens is 3. The summed E-state index contributed by atoms with van der Waals surface area (Å²) in [5.74, 6) is 0.238. The third-order valence-corrected chi connectivity index (χ3v) is 4.71. The molecule has 0 aliphatic heterocycles. The van der Waals surface area contributed by atoms with Crippen molar-refractivity contribution in [3.05, 3.63) is 69.7 Å². The van der Waals surface area contributed by atoms with Crippen LogP contribution < -0.4 is 5.56 Å². The van der Waals surface area contributed by atoms with Gasteiger partial charge < -0.3 is 14.8 Å². The summed E-state index contributed by atoms with van der Waals surface area (Å²) in [6, 6.07) is 14.6. The molecule has 132 valence electrons. The van der Waals surface area contributed by atoms with Gasteiger partial charge in [0.2, 0.25) is 0 Å². The minimum absolute atomic E-state index is 0.230. The van der Waals surface area contributed by atoms with Crippen LogP contribution in [0, 0.1) is 0 Å². The maximum absolute atomic E-state index is 13.2. The van der Waals surface area contributed by atoms with Gasteiger partial charge in [0.1, 0.15) is 11.9 Å². The van der Waals surface area contributed by atoms with E-state index in [1.165, 1.54) is 0 Å². The number of hydrogen-bond acceptors (Lipinski definition) is 4. The smallest absolute Gasteiger partial charge is 0.283 e. The molecule has 1 unspecified atom stereocenters. The van der Waals surface area contributed by atoms with E-state index in [4.69, 9.17) is 11.6 Å². The molecule has 4 rings (SSSR count). The number of halogens is 1. The van der Waals surface area contributed by atoms with Gasteiger partial charge in [0.05, 0.1) is 17.6 Å². The predicted molar refractivity (Wildman–Crippen MR) is 101 cm³/mol. The number of hydrogen-bond donors (Lipinski definition) is 2. The highest BCUT2D eigenvalue weighted by atomic mass is 35.5. The molecule has 6 nitrogen and oxygen atoms in total. The zero-order chi connectivity index (χ0) is 18.4. The zero-order valence-electron chi connectivity index (χ0n) is 13.9. The molecular formula is C19H16ClN3O3. The highest BCUT2D eigenvalue weighted by Gasteiger charge is 2.22. The number of imidazole rings is 1. The van der Waals surface area contributed by atoms with Gasteiger partial charge in [-0.2, -0.15) is 0 Å². The summed E-state index contributed by atoms with van der Waals surface area (Å²) in [7, 11) is 1.71. The Kier molecular flexibility index (Phi) is 4.03. The van der Waals surface area contributed by atoms with E-state index >= 15 is 0 Å². The van der Waals surface area contributed by atoms with Gasteiger partial charge in [-0.25, -0.2) is 4.98 Å². The average molecular weight is 370 g/mol. The minimum Gasteiger partial charge on any atom is -0.393 e. The Bertz CT molecular complexity index is 1180. The standard InChI is InChI=1S/C19H16ClN3O3/c1-22-17-13-8-7-11(20)9-14(13)23(12-5-3-2-4-6-12)19(26)16(17)21-18(22)15(25)10-24/h2-9,15,24-25H,10H2,1H3. The van der Waals surface area contributed by atoms with E-state index in [2.05, 4.69) is 4.98 Å². The number of aliphatic hydroxyl groups is 2. The zero-order valence-corrected chi connectivity index (χ0v) is 14.7. The van der Waals surface area contributed by atoms with Crippen molar-refractivity contribution in [1.29, 1.82) is 0 Å². The summed E-state index contributed by atoms with van der Waals surface area (Å²) in [4.78, 5) is 17.6. The first-order valence-corrected chi connectivity index (χ1v) is 8.45. The van der Waals surface area contributed by atoms with Gasteiger partial charge in [0, 0.05) is 23.1 Å². The monoisotopic (exact) mass is 369 g/mol. The Labute approximate surface area is 153 Å². The van der Waals surface area contributed by atoms with Crippen molar-refractivity contribution < 1.29 is 10.2 Å². The summed E-state index contributed by atoms with van der Waals surface area (Å²) >= 11 is 6.19. The maximum atomic E-state index is 13.2. The van der Waals surface area contributed by atoms with Gasteiger partial charge in [-0.15, -0.1) is 0 Å². The molecule has 0 spiro atoms. The van der Waals surface area contributed by atoms with Gasteiger partial charge in [-0.1, -0.05) is 29.8 Å². The van der Waals surface area contributed by atoms with Crippen molar-refractivity contribution in [1.82, 2.24) is 14.1 Å². The summed E-state index contributed by atoms with van der Waals surface area (Å²) in [6.07, 6.45) is -1.17. The molecule has 2 aromatic carbocycles. The normalized spacial score (nSPS) is 12.8. The van der Waals surface area contributed by atoms with E-state index in [0.29, 0.717) is 21.7 Å². The lowest BCUT2D eigenvalue weighted by atomic mass is 10.1. The summed E-state index contributed by atoms with van der Waals surface area (Å²) in [6.45, 7) is -0.478. The molecule has 0 aliphatic rings. The number of fused-ring (bicyclic) bond motifs is 3. The quantitative estimate of drug-likeness (QED) is 0.581. The van der Waals surface area contributed by atoms with Crippen LogP contribution in [0.3, 0.4) is 0 Å². The molecule has 7 heteroatoms. The first kappa shape index (κ1) is 16.8. The van der Waals surface area contributed by atoms with Crippen LogP contribution in [0.1, 0.15) is 11.9 Å². The molecule has 0 saturated heterocycles. The van der Waals surface area contributed by atoms with Crippen molar-refractivity contribution in [3.8, 4) is 5.69 Å². The van der Waals surface area contributed by atoms with Crippen LogP contribution in [-0.4, -0.2) is 30.9 Å². The summed E-state index contributed by atoms with van der Waals surface area (Å²) in [5.41, 5.74) is 1.86. The lowest BCUT2D eigenvalue weighted by Crippen LogP contribution is -2.19. The fraction of sp³-hybridized carbons (Fsp3) is 0.158. The largest absolute Gasteiger partial charge is 0.393 e. The molecule has 0 fully saturated rings. The first-order valence-electron chi connectivity index (χ1n) is 8.08. The van der Waals surface area contributed by atoms with Crippen molar-refractivity contribution in [3.63, 3.8) is 0 Å². The van der Waals surface area contributed by atoms with Gasteiger partial charge in [0.15, 0.2) is 5.52 Å². The van der Waals surface area contributed by atoms with Crippen molar-refractivity contribution >= 4 is 33.5 Å². The van der Waals surface area contributed by atoms with Gasteiger partial charge in [0.25, 0.3) is 5.56 Å². The number of aryl methyl sites for hydroxylation is 1. The van der Waals surface area contributed by atoms with E-state index in [1.807, 2.05) is 36.4 Å². The van der Waals surface area contributed by atoms with E-state index in [-0.39, 0.29) is 16.9 Å². The maximum Gasteiger partial charge on any atom is 0.283 e. The molecule has 2 heterocycles. The van der Waals surface area contributed by atoms with Crippen LogP contribution in [0.2, 0.25) is 5.02 Å². The van der Waals surface area contributed by atoms with Crippen LogP contribution in [-0.2, 0) is 7.05 Å². The fourth-order valence-corrected chi connectivity index (χ4v) is 3.46. The van der Waals surface area contributed by atoms with Crippen LogP contribution in [0.15, 0.2) is 53.3 Å². The minimum atomic E-state index is -1.17. The van der Waals surface area contributed by atoms with Crippen molar-refractivity contribution in [2.24, 2.45) is 7.05 Å². The van der Waals surface area contributed by atoms with E-state index < -0.39 is 12.7 Å². The Morgan fingerprint density at radius 1 is 1.19 bits per heavy atom. The van der Waals surface area contributed by atoms with E-state index in [9.17, 15) is 15.0 Å². The van der Waals surface area contributed by atoms with Crippen LogP contribution in [0.5, 0.6) is 0 Å². The molecule has 0 bridgehead atoms. The Hall–Kier alpha value is -2.67. The molecule has 26 heavy (non-hydrogen) atoms. The number of rotatable bonds is 3. The third kappa shape index (κ3) is 2.42. The van der Waals surface area contributed by atoms with Crippen LogP contribution >= 0.6 is 11.6 Å². The lowest BCUT2D eigenvalue weighted by molar-refractivity contribution is 0.0868. The number of para-hydroxylation sites is 1. The molecule has 2 N–H and O–H groups in total. The van der Waals surface area contributed by atoms with Crippen molar-refractivity contribution in [2.45, 2.75) is 6.10 Å². The Morgan fingerprint density at radius 3 is 2.62 bits per heavy atom. The Morgan fingerprint density at radius 2 is 1.92 bits per heavy atom. The second-order valence-electron chi connectivity index (χ2n) is 6.06.